The number of rotatable bonds is 5. The van der Waals surface area contributed by atoms with Crippen molar-refractivity contribution in [1.29, 1.82) is 0 Å². The van der Waals surface area contributed by atoms with Gasteiger partial charge in [0.25, 0.3) is 5.91 Å². The number of aryl methyl sites for hydroxylation is 1. The highest BCUT2D eigenvalue weighted by Crippen LogP contribution is 2.12. The van der Waals surface area contributed by atoms with Crippen molar-refractivity contribution in [3.8, 4) is 0 Å². The van der Waals surface area contributed by atoms with Gasteiger partial charge in [0.05, 0.1) is 6.61 Å². The highest BCUT2D eigenvalue weighted by atomic mass is 16.3. The van der Waals surface area contributed by atoms with E-state index in [1.54, 1.807) is 11.1 Å². The number of benzene rings is 1. The fourth-order valence-electron chi connectivity index (χ4n) is 2.53. The molecular weight excluding hydrogens is 290 g/mol. The molecule has 3 aromatic rings. The van der Waals surface area contributed by atoms with Crippen molar-refractivity contribution in [3.05, 3.63) is 71.7 Å². The number of nitrogens with zero attached hydrogens (tertiary/aromatic N) is 3. The Morgan fingerprint density at radius 2 is 2.04 bits per heavy atom. The lowest BCUT2D eigenvalue weighted by Gasteiger charge is -2.20. The molecular formula is C18H19N3O2. The van der Waals surface area contributed by atoms with Gasteiger partial charge in [-0.25, -0.2) is 4.98 Å². The number of imidazole rings is 1. The van der Waals surface area contributed by atoms with E-state index in [-0.39, 0.29) is 19.1 Å². The number of hydrogen-bond donors (Lipinski definition) is 1. The van der Waals surface area contributed by atoms with Crippen LogP contribution in [-0.2, 0) is 6.54 Å². The molecule has 118 valence electrons. The van der Waals surface area contributed by atoms with Crippen molar-refractivity contribution in [3.63, 3.8) is 0 Å². The van der Waals surface area contributed by atoms with E-state index in [0.717, 1.165) is 16.8 Å². The smallest absolute Gasteiger partial charge is 0.274 e. The maximum Gasteiger partial charge on any atom is 0.274 e. The number of carbonyl (C=O) groups is 1. The average molecular weight is 309 g/mol. The van der Waals surface area contributed by atoms with Gasteiger partial charge in [0.2, 0.25) is 0 Å². The van der Waals surface area contributed by atoms with E-state index in [2.05, 4.69) is 4.98 Å². The molecule has 5 heteroatoms. The molecule has 5 nitrogen and oxygen atoms in total. The van der Waals surface area contributed by atoms with Crippen LogP contribution >= 0.6 is 0 Å². The molecule has 0 aliphatic rings. The van der Waals surface area contributed by atoms with Crippen LogP contribution in [0.5, 0.6) is 0 Å². The Labute approximate surface area is 134 Å². The monoisotopic (exact) mass is 309 g/mol. The number of hydrogen-bond acceptors (Lipinski definition) is 3. The van der Waals surface area contributed by atoms with Gasteiger partial charge in [0.1, 0.15) is 11.3 Å². The molecule has 0 radical (unpaired) electrons. The Morgan fingerprint density at radius 1 is 1.26 bits per heavy atom. The maximum atomic E-state index is 12.7. The van der Waals surface area contributed by atoms with E-state index in [0.29, 0.717) is 12.2 Å². The highest BCUT2D eigenvalue weighted by molar-refractivity contribution is 5.93. The number of amides is 1. The normalized spacial score (nSPS) is 10.9. The fraction of sp³-hybridized carbons (Fsp3) is 0.222. The molecule has 0 fully saturated rings. The largest absolute Gasteiger partial charge is 0.395 e. The molecule has 0 saturated carbocycles. The molecule has 23 heavy (non-hydrogen) atoms. The molecule has 0 atom stereocenters. The maximum absolute atomic E-state index is 12.7. The fourth-order valence-corrected chi connectivity index (χ4v) is 2.53. The predicted molar refractivity (Wildman–Crippen MR) is 88.2 cm³/mol. The summed E-state index contributed by atoms with van der Waals surface area (Å²) >= 11 is 0. The van der Waals surface area contributed by atoms with Crippen molar-refractivity contribution in [1.82, 2.24) is 14.3 Å². The van der Waals surface area contributed by atoms with Gasteiger partial charge in [-0.15, -0.1) is 0 Å². The van der Waals surface area contributed by atoms with Crippen LogP contribution in [0.15, 0.2) is 54.9 Å². The van der Waals surface area contributed by atoms with Gasteiger partial charge in [-0.2, -0.15) is 0 Å². The zero-order chi connectivity index (χ0) is 16.2. The summed E-state index contributed by atoms with van der Waals surface area (Å²) in [7, 11) is 0. The Kier molecular flexibility index (Phi) is 4.39. The average Bonchev–Trinajstić information content (AvgIpc) is 2.98. The van der Waals surface area contributed by atoms with Crippen molar-refractivity contribution < 1.29 is 9.90 Å². The second-order valence-electron chi connectivity index (χ2n) is 5.53. The molecule has 0 unspecified atom stereocenters. The molecule has 3 rings (SSSR count). The Bertz CT molecular complexity index is 812. The minimum atomic E-state index is -0.177. The summed E-state index contributed by atoms with van der Waals surface area (Å²) < 4.78 is 1.83. The van der Waals surface area contributed by atoms with Crippen molar-refractivity contribution in [2.45, 2.75) is 13.5 Å². The first-order chi connectivity index (χ1) is 11.2. The second-order valence-corrected chi connectivity index (χ2v) is 5.53. The van der Waals surface area contributed by atoms with E-state index in [4.69, 9.17) is 0 Å². The molecule has 0 saturated heterocycles. The van der Waals surface area contributed by atoms with Gasteiger partial charge in [-0.1, -0.05) is 30.3 Å². The summed E-state index contributed by atoms with van der Waals surface area (Å²) in [5.41, 5.74) is 3.25. The first-order valence-corrected chi connectivity index (χ1v) is 7.57. The third kappa shape index (κ3) is 3.40. The predicted octanol–water partition coefficient (Wildman–Crippen LogP) is 2.28. The number of fused-ring (bicyclic) bond motifs is 1. The van der Waals surface area contributed by atoms with Gasteiger partial charge in [0.15, 0.2) is 0 Å². The molecule has 0 bridgehead atoms. The standard InChI is InChI=1S/C18H19N3O2/c1-14-7-8-20-13-16(19-17(20)11-14)18(23)21(9-10-22)12-15-5-3-2-4-6-15/h2-8,11,13,22H,9-10,12H2,1H3. The summed E-state index contributed by atoms with van der Waals surface area (Å²) in [5, 5.41) is 9.27. The third-order valence-electron chi connectivity index (χ3n) is 3.71. The summed E-state index contributed by atoms with van der Waals surface area (Å²) in [6, 6.07) is 13.6. The Balaban J connectivity index is 1.87. The number of pyridine rings is 1. The molecule has 0 spiro atoms. The molecule has 2 aromatic heterocycles. The van der Waals surface area contributed by atoms with Gasteiger partial charge < -0.3 is 14.4 Å². The van der Waals surface area contributed by atoms with Crippen LogP contribution in [0.25, 0.3) is 5.65 Å². The molecule has 0 aliphatic heterocycles. The summed E-state index contributed by atoms with van der Waals surface area (Å²) in [4.78, 5) is 18.8. The zero-order valence-corrected chi connectivity index (χ0v) is 13.0. The minimum absolute atomic E-state index is 0.0783. The molecule has 1 N–H and O–H groups in total. The van der Waals surface area contributed by atoms with Gasteiger partial charge in [0, 0.05) is 25.5 Å². The van der Waals surface area contributed by atoms with Gasteiger partial charge >= 0.3 is 0 Å². The van der Waals surface area contributed by atoms with Crippen LogP contribution < -0.4 is 0 Å². The van der Waals surface area contributed by atoms with Crippen LogP contribution in [0.4, 0.5) is 0 Å². The van der Waals surface area contributed by atoms with Crippen molar-refractivity contribution >= 4 is 11.6 Å². The number of aliphatic hydroxyl groups excluding tert-OH is 1. The number of aromatic nitrogens is 2. The van der Waals surface area contributed by atoms with Crippen molar-refractivity contribution in [2.75, 3.05) is 13.2 Å². The van der Waals surface area contributed by atoms with E-state index < -0.39 is 0 Å². The molecule has 0 aliphatic carbocycles. The minimum Gasteiger partial charge on any atom is -0.395 e. The SMILES string of the molecule is Cc1ccn2cc(C(=O)N(CCO)Cc3ccccc3)nc2c1. The Morgan fingerprint density at radius 3 is 2.78 bits per heavy atom. The van der Waals surface area contributed by atoms with E-state index in [1.165, 1.54) is 0 Å². The first-order valence-electron chi connectivity index (χ1n) is 7.57. The summed E-state index contributed by atoms with van der Waals surface area (Å²) in [5.74, 6) is -0.177. The highest BCUT2D eigenvalue weighted by Gasteiger charge is 2.18. The topological polar surface area (TPSA) is 57.8 Å². The lowest BCUT2D eigenvalue weighted by atomic mass is 10.2. The Hall–Kier alpha value is -2.66. The third-order valence-corrected chi connectivity index (χ3v) is 3.71. The number of aliphatic hydroxyl groups is 1. The lowest BCUT2D eigenvalue weighted by molar-refractivity contribution is 0.0702. The molecule has 2 heterocycles. The van der Waals surface area contributed by atoms with Crippen LogP contribution in [0.1, 0.15) is 21.6 Å². The van der Waals surface area contributed by atoms with E-state index in [1.807, 2.05) is 60.0 Å². The second kappa shape index (κ2) is 6.62. The summed E-state index contributed by atoms with van der Waals surface area (Å²) in [6.45, 7) is 2.64. The molecule has 1 amide bonds. The number of carbonyl (C=O) groups excluding carboxylic acids is 1. The summed E-state index contributed by atoms with van der Waals surface area (Å²) in [6.07, 6.45) is 3.62. The molecule has 1 aromatic carbocycles. The van der Waals surface area contributed by atoms with E-state index in [9.17, 15) is 9.90 Å². The first kappa shape index (κ1) is 15.2. The van der Waals surface area contributed by atoms with Gasteiger partial charge in [-0.05, 0) is 30.2 Å². The van der Waals surface area contributed by atoms with Crippen LogP contribution in [0.3, 0.4) is 0 Å². The van der Waals surface area contributed by atoms with E-state index >= 15 is 0 Å². The van der Waals surface area contributed by atoms with Crippen LogP contribution in [0, 0.1) is 6.92 Å². The van der Waals surface area contributed by atoms with Crippen LogP contribution in [0.2, 0.25) is 0 Å². The van der Waals surface area contributed by atoms with Gasteiger partial charge in [-0.3, -0.25) is 4.79 Å². The lowest BCUT2D eigenvalue weighted by Crippen LogP contribution is -2.33. The van der Waals surface area contributed by atoms with Crippen LogP contribution in [-0.4, -0.2) is 38.4 Å². The quantitative estimate of drug-likeness (QED) is 0.786. The van der Waals surface area contributed by atoms with Crippen molar-refractivity contribution in [2.24, 2.45) is 0 Å². The zero-order valence-electron chi connectivity index (χ0n) is 13.0.